The SMILES string of the molecule is C[C@H]1COC(=O)N1[C@]1(C)C(=O)N([C@H](CC(=O)N2CCC(N3CCCCC3)CC2)C(=O)NCc2cccc(C(F)(F)F)c2)[C@@H]1/C=C/c1ccccc1. The molecule has 0 radical (unpaired) electrons. The van der Waals surface area contributed by atoms with E-state index < -0.39 is 53.3 Å². The fraction of sp³-hybridized carbons (Fsp3) is 0.526. The fourth-order valence-electron chi connectivity index (χ4n) is 8.05. The monoisotopic (exact) mass is 709 g/mol. The van der Waals surface area contributed by atoms with Crippen LogP contribution in [0, 0.1) is 0 Å². The largest absolute Gasteiger partial charge is 0.447 e. The maximum atomic E-state index is 14.3. The summed E-state index contributed by atoms with van der Waals surface area (Å²) < 4.78 is 45.6. The van der Waals surface area contributed by atoms with Crippen molar-refractivity contribution in [3.63, 3.8) is 0 Å². The van der Waals surface area contributed by atoms with Crippen molar-refractivity contribution in [3.8, 4) is 0 Å². The van der Waals surface area contributed by atoms with Gasteiger partial charge in [0.1, 0.15) is 18.2 Å². The predicted octanol–water partition coefficient (Wildman–Crippen LogP) is 5.08. The number of halogens is 3. The molecule has 4 saturated heterocycles. The molecule has 10 nitrogen and oxygen atoms in total. The molecule has 4 aliphatic heterocycles. The lowest BCUT2D eigenvalue weighted by Crippen LogP contribution is -2.81. The molecule has 0 saturated carbocycles. The lowest BCUT2D eigenvalue weighted by Gasteiger charge is -2.59. The van der Waals surface area contributed by atoms with Crippen LogP contribution in [-0.2, 0) is 31.8 Å². The van der Waals surface area contributed by atoms with Crippen molar-refractivity contribution >= 4 is 29.9 Å². The Kier molecular flexibility index (Phi) is 10.8. The topological polar surface area (TPSA) is 102 Å². The van der Waals surface area contributed by atoms with Gasteiger partial charge in [-0.25, -0.2) is 4.79 Å². The minimum absolute atomic E-state index is 0.101. The van der Waals surface area contributed by atoms with E-state index in [9.17, 15) is 32.3 Å². The summed E-state index contributed by atoms with van der Waals surface area (Å²) in [6, 6.07) is 11.9. The number of piperidine rings is 2. The van der Waals surface area contributed by atoms with Gasteiger partial charge in [0.2, 0.25) is 11.8 Å². The lowest BCUT2D eigenvalue weighted by atomic mass is 9.76. The highest BCUT2D eigenvalue weighted by atomic mass is 19.4. The number of ether oxygens (including phenoxy) is 1. The Balaban J connectivity index is 1.27. The van der Waals surface area contributed by atoms with E-state index in [0.717, 1.165) is 43.6 Å². The van der Waals surface area contributed by atoms with Crippen LogP contribution in [0.2, 0.25) is 0 Å². The molecule has 2 aromatic rings. The number of nitrogens with zero attached hydrogens (tertiary/aromatic N) is 4. The van der Waals surface area contributed by atoms with Crippen LogP contribution in [0.15, 0.2) is 60.7 Å². The van der Waals surface area contributed by atoms with Gasteiger partial charge in [0.05, 0.1) is 24.1 Å². The molecule has 1 N–H and O–H groups in total. The Hall–Kier alpha value is -4.39. The van der Waals surface area contributed by atoms with Crippen LogP contribution in [-0.4, -0.2) is 106 Å². The molecule has 4 heterocycles. The Morgan fingerprint density at radius 3 is 2.35 bits per heavy atom. The van der Waals surface area contributed by atoms with Gasteiger partial charge in [-0.15, -0.1) is 0 Å². The number of alkyl halides is 3. The second kappa shape index (κ2) is 15.1. The number of rotatable bonds is 10. The number of hydrogen-bond donors (Lipinski definition) is 1. The first-order valence-corrected chi connectivity index (χ1v) is 17.9. The standard InChI is InChI=1S/C38H46F3N5O5/c1-26-25-51-36(50)46(26)37(2)32(15-14-27-10-5-3-6-11-27)45(35(37)49)31(34(48)42-24-28-12-9-13-29(22-28)38(39,40)41)23-33(47)44-20-16-30(17-21-44)43-18-7-4-8-19-43/h3,5-6,9-15,22,26,30-32H,4,7-8,16-21,23-25H2,1-2H3,(H,42,48)/b15-14+/t26-,31+,32+,37-/m0/s1. The van der Waals surface area contributed by atoms with Gasteiger partial charge in [-0.3, -0.25) is 19.3 Å². The highest BCUT2D eigenvalue weighted by molar-refractivity contribution is 6.02. The van der Waals surface area contributed by atoms with E-state index in [1.165, 1.54) is 41.2 Å². The average molecular weight is 710 g/mol. The summed E-state index contributed by atoms with van der Waals surface area (Å²) in [6.45, 7) is 6.45. The van der Waals surface area contributed by atoms with Gasteiger partial charge in [-0.1, -0.05) is 61.0 Å². The molecule has 0 aromatic heterocycles. The van der Waals surface area contributed by atoms with Gasteiger partial charge in [0.15, 0.2) is 0 Å². The number of amides is 4. The van der Waals surface area contributed by atoms with E-state index in [-0.39, 0.29) is 31.0 Å². The maximum Gasteiger partial charge on any atom is 0.416 e. The van der Waals surface area contributed by atoms with Crippen LogP contribution in [0.25, 0.3) is 6.08 Å². The first-order valence-electron chi connectivity index (χ1n) is 17.9. The molecule has 4 fully saturated rings. The molecule has 4 amide bonds. The molecule has 13 heteroatoms. The fourth-order valence-corrected chi connectivity index (χ4v) is 8.05. The summed E-state index contributed by atoms with van der Waals surface area (Å²) >= 11 is 0. The van der Waals surface area contributed by atoms with E-state index in [1.54, 1.807) is 30.9 Å². The summed E-state index contributed by atoms with van der Waals surface area (Å²) in [7, 11) is 0. The zero-order chi connectivity index (χ0) is 36.3. The molecule has 0 spiro atoms. The van der Waals surface area contributed by atoms with Gasteiger partial charge in [-0.05, 0) is 75.9 Å². The zero-order valence-corrected chi connectivity index (χ0v) is 29.1. The maximum absolute atomic E-state index is 14.3. The molecule has 51 heavy (non-hydrogen) atoms. The third-order valence-electron chi connectivity index (χ3n) is 10.9. The highest BCUT2D eigenvalue weighted by Gasteiger charge is 2.66. The molecule has 2 aromatic carbocycles. The second-order valence-corrected chi connectivity index (χ2v) is 14.2. The van der Waals surface area contributed by atoms with Crippen molar-refractivity contribution in [2.45, 2.75) is 94.8 Å². The van der Waals surface area contributed by atoms with Gasteiger partial charge < -0.3 is 24.8 Å². The number of β-lactam (4-membered cyclic amide) rings is 1. The normalized spacial score (nSPS) is 25.5. The molecule has 0 aliphatic carbocycles. The zero-order valence-electron chi connectivity index (χ0n) is 29.1. The van der Waals surface area contributed by atoms with Crippen LogP contribution >= 0.6 is 0 Å². The second-order valence-electron chi connectivity index (χ2n) is 14.2. The summed E-state index contributed by atoms with van der Waals surface area (Å²) in [6.07, 6.45) is 3.26. The van der Waals surface area contributed by atoms with Crippen LogP contribution < -0.4 is 5.32 Å². The van der Waals surface area contributed by atoms with Crippen LogP contribution in [0.1, 0.15) is 69.1 Å². The molecule has 0 bridgehead atoms. The first kappa shape index (κ1) is 36.4. The Morgan fingerprint density at radius 1 is 1.00 bits per heavy atom. The summed E-state index contributed by atoms with van der Waals surface area (Å²) in [5.74, 6) is -1.48. The van der Waals surface area contributed by atoms with E-state index >= 15 is 0 Å². The molecular formula is C38H46F3N5O5. The van der Waals surface area contributed by atoms with Crippen molar-refractivity contribution in [1.29, 1.82) is 0 Å². The van der Waals surface area contributed by atoms with Crippen molar-refractivity contribution < 1.29 is 37.1 Å². The average Bonchev–Trinajstić information content (AvgIpc) is 3.48. The van der Waals surface area contributed by atoms with Crippen LogP contribution in [0.4, 0.5) is 18.0 Å². The van der Waals surface area contributed by atoms with Gasteiger partial charge >= 0.3 is 12.3 Å². The predicted molar refractivity (Wildman–Crippen MR) is 184 cm³/mol. The van der Waals surface area contributed by atoms with Crippen molar-refractivity contribution in [3.05, 3.63) is 77.4 Å². The lowest BCUT2D eigenvalue weighted by molar-refractivity contribution is -0.176. The minimum atomic E-state index is -4.56. The quantitative estimate of drug-likeness (QED) is 0.346. The van der Waals surface area contributed by atoms with E-state index in [0.29, 0.717) is 19.1 Å². The molecule has 0 unspecified atom stereocenters. The number of carbonyl (C=O) groups excluding carboxylic acids is 4. The van der Waals surface area contributed by atoms with Gasteiger partial charge in [0, 0.05) is 25.7 Å². The Bertz CT molecular complexity index is 1620. The number of benzene rings is 2. The van der Waals surface area contributed by atoms with Crippen LogP contribution in [0.5, 0.6) is 0 Å². The highest BCUT2D eigenvalue weighted by Crippen LogP contribution is 2.43. The van der Waals surface area contributed by atoms with E-state index in [2.05, 4.69) is 10.2 Å². The van der Waals surface area contributed by atoms with Gasteiger partial charge in [0.25, 0.3) is 5.91 Å². The number of nitrogens with one attached hydrogen (secondary N) is 1. The number of carbonyl (C=O) groups is 4. The first-order chi connectivity index (χ1) is 24.4. The smallest absolute Gasteiger partial charge is 0.416 e. The molecular weight excluding hydrogens is 663 g/mol. The van der Waals surface area contributed by atoms with Crippen molar-refractivity contribution in [1.82, 2.24) is 24.9 Å². The summed E-state index contributed by atoms with van der Waals surface area (Å²) in [4.78, 5) is 62.4. The third kappa shape index (κ3) is 7.63. The van der Waals surface area contributed by atoms with Crippen molar-refractivity contribution in [2.75, 3.05) is 32.8 Å². The molecule has 4 aliphatic rings. The summed E-state index contributed by atoms with van der Waals surface area (Å²) in [5.41, 5.74) is -1.21. The van der Waals surface area contributed by atoms with E-state index in [1.807, 2.05) is 30.3 Å². The number of likely N-dealkylation sites (tertiary alicyclic amines) is 3. The number of hydrogen-bond acceptors (Lipinski definition) is 6. The van der Waals surface area contributed by atoms with Gasteiger partial charge in [-0.2, -0.15) is 13.2 Å². The van der Waals surface area contributed by atoms with E-state index in [4.69, 9.17) is 4.74 Å². The molecule has 274 valence electrons. The van der Waals surface area contributed by atoms with Crippen molar-refractivity contribution in [2.24, 2.45) is 0 Å². The Morgan fingerprint density at radius 2 is 1.71 bits per heavy atom. The number of cyclic esters (lactones) is 1. The third-order valence-corrected chi connectivity index (χ3v) is 10.9. The molecule has 6 rings (SSSR count). The molecule has 4 atom stereocenters. The summed E-state index contributed by atoms with van der Waals surface area (Å²) in [5, 5.41) is 2.71. The minimum Gasteiger partial charge on any atom is -0.447 e. The van der Waals surface area contributed by atoms with Crippen LogP contribution in [0.3, 0.4) is 0 Å². The Labute approximate surface area is 296 Å².